The quantitative estimate of drug-likeness (QED) is 0.630. The zero-order chi connectivity index (χ0) is 12.4. The molecule has 1 aliphatic carbocycles. The van der Waals surface area contributed by atoms with E-state index >= 15 is 0 Å². The molecule has 1 saturated carbocycles. The molecule has 2 atom stereocenters. The second-order valence-electron chi connectivity index (χ2n) is 4.35. The molecule has 0 aromatic heterocycles. The molecule has 94 valence electrons. The Hall–Kier alpha value is -0.680. The molecular formula is C12H16ClFN2O. The zero-order valence-electron chi connectivity index (χ0n) is 9.62. The van der Waals surface area contributed by atoms with Crippen LogP contribution in [0.1, 0.15) is 24.4 Å². The minimum atomic E-state index is -0.358. The van der Waals surface area contributed by atoms with Gasteiger partial charge in [0.2, 0.25) is 0 Å². The molecule has 0 spiro atoms. The molecule has 1 aromatic rings. The molecule has 2 unspecified atom stereocenters. The first kappa shape index (κ1) is 12.8. The summed E-state index contributed by atoms with van der Waals surface area (Å²) in [4.78, 5) is 0. The van der Waals surface area contributed by atoms with Crippen molar-refractivity contribution in [3.05, 3.63) is 34.6 Å². The van der Waals surface area contributed by atoms with Crippen LogP contribution in [0.25, 0.3) is 0 Å². The third-order valence-electron chi connectivity index (χ3n) is 3.16. The van der Waals surface area contributed by atoms with Gasteiger partial charge in [-0.25, -0.2) is 4.39 Å². The monoisotopic (exact) mass is 258 g/mol. The van der Waals surface area contributed by atoms with Crippen molar-refractivity contribution < 1.29 is 9.13 Å². The number of benzene rings is 1. The lowest BCUT2D eigenvalue weighted by molar-refractivity contribution is 0.0496. The molecule has 5 heteroatoms. The number of ether oxygens (including phenoxy) is 1. The smallest absolute Gasteiger partial charge is 0.129 e. The Morgan fingerprint density at radius 3 is 2.71 bits per heavy atom. The highest BCUT2D eigenvalue weighted by Crippen LogP contribution is 2.40. The van der Waals surface area contributed by atoms with Crippen LogP contribution in [0, 0.1) is 11.7 Å². The second kappa shape index (κ2) is 5.31. The molecule has 17 heavy (non-hydrogen) atoms. The number of hydrogen-bond donors (Lipinski definition) is 2. The summed E-state index contributed by atoms with van der Waals surface area (Å²) in [5.74, 6) is 5.62. The van der Waals surface area contributed by atoms with Crippen molar-refractivity contribution in [2.45, 2.75) is 25.0 Å². The van der Waals surface area contributed by atoms with E-state index in [2.05, 4.69) is 5.43 Å². The Morgan fingerprint density at radius 2 is 2.24 bits per heavy atom. The molecule has 2 rings (SSSR count). The topological polar surface area (TPSA) is 47.3 Å². The number of hydrazine groups is 1. The first-order valence-electron chi connectivity index (χ1n) is 5.61. The number of hydrogen-bond acceptors (Lipinski definition) is 3. The summed E-state index contributed by atoms with van der Waals surface area (Å²) in [7, 11) is 1.63. The van der Waals surface area contributed by atoms with Crippen molar-refractivity contribution in [3.63, 3.8) is 0 Å². The number of rotatable bonds is 5. The molecule has 1 aliphatic rings. The van der Waals surface area contributed by atoms with Crippen LogP contribution >= 0.6 is 11.6 Å². The predicted molar refractivity (Wildman–Crippen MR) is 65.0 cm³/mol. The Balaban J connectivity index is 2.26. The standard InChI is InChI=1S/C12H16ClFN2O/c1-17-12(7-2-3-7)11(16-15)9-5-4-8(13)6-10(9)14/h4-7,11-12,16H,2-3,15H2,1H3. The van der Waals surface area contributed by atoms with Gasteiger partial charge in [0, 0.05) is 17.7 Å². The van der Waals surface area contributed by atoms with Crippen LogP contribution in [-0.4, -0.2) is 13.2 Å². The van der Waals surface area contributed by atoms with E-state index in [1.165, 1.54) is 6.07 Å². The van der Waals surface area contributed by atoms with E-state index in [4.69, 9.17) is 22.2 Å². The van der Waals surface area contributed by atoms with Crippen LogP contribution in [0.15, 0.2) is 18.2 Å². The molecule has 0 radical (unpaired) electrons. The lowest BCUT2D eigenvalue weighted by atomic mass is 9.98. The average molecular weight is 259 g/mol. The highest BCUT2D eigenvalue weighted by Gasteiger charge is 2.38. The maximum absolute atomic E-state index is 13.8. The van der Waals surface area contributed by atoms with E-state index in [0.717, 1.165) is 12.8 Å². The van der Waals surface area contributed by atoms with Crippen LogP contribution in [0.3, 0.4) is 0 Å². The molecule has 0 heterocycles. The summed E-state index contributed by atoms with van der Waals surface area (Å²) in [5, 5.41) is 0.377. The maximum atomic E-state index is 13.8. The van der Waals surface area contributed by atoms with E-state index in [1.54, 1.807) is 19.2 Å². The normalized spacial score (nSPS) is 19.1. The Kier molecular flexibility index (Phi) is 3.99. The first-order valence-corrected chi connectivity index (χ1v) is 5.99. The molecule has 3 N–H and O–H groups in total. The van der Waals surface area contributed by atoms with Crippen molar-refractivity contribution >= 4 is 11.6 Å². The van der Waals surface area contributed by atoms with Crippen molar-refractivity contribution in [1.29, 1.82) is 0 Å². The fourth-order valence-electron chi connectivity index (χ4n) is 2.14. The van der Waals surface area contributed by atoms with Crippen LogP contribution in [0.4, 0.5) is 4.39 Å². The molecule has 1 aromatic carbocycles. The van der Waals surface area contributed by atoms with E-state index in [1.807, 2.05) is 0 Å². The van der Waals surface area contributed by atoms with Gasteiger partial charge in [0.05, 0.1) is 12.1 Å². The van der Waals surface area contributed by atoms with Gasteiger partial charge in [0.25, 0.3) is 0 Å². The second-order valence-corrected chi connectivity index (χ2v) is 4.78. The molecule has 0 saturated heterocycles. The largest absolute Gasteiger partial charge is 0.379 e. The molecule has 3 nitrogen and oxygen atoms in total. The number of methoxy groups -OCH3 is 1. The van der Waals surface area contributed by atoms with Gasteiger partial charge < -0.3 is 4.74 Å². The third kappa shape index (κ3) is 2.77. The van der Waals surface area contributed by atoms with Crippen LogP contribution in [0.5, 0.6) is 0 Å². The van der Waals surface area contributed by atoms with Crippen LogP contribution in [0.2, 0.25) is 5.02 Å². The van der Waals surface area contributed by atoms with E-state index in [-0.39, 0.29) is 18.0 Å². The van der Waals surface area contributed by atoms with Gasteiger partial charge in [0.1, 0.15) is 5.82 Å². The minimum absolute atomic E-state index is 0.101. The summed E-state index contributed by atoms with van der Waals surface area (Å²) in [5.41, 5.74) is 3.14. The average Bonchev–Trinajstić information content (AvgIpc) is 3.11. The van der Waals surface area contributed by atoms with Crippen molar-refractivity contribution in [1.82, 2.24) is 5.43 Å². The lowest BCUT2D eigenvalue weighted by Crippen LogP contribution is -2.39. The van der Waals surface area contributed by atoms with Crippen molar-refractivity contribution in [2.75, 3.05) is 7.11 Å². The summed E-state index contributed by atoms with van der Waals surface area (Å²) in [6, 6.07) is 4.26. The van der Waals surface area contributed by atoms with Crippen LogP contribution < -0.4 is 11.3 Å². The van der Waals surface area contributed by atoms with Gasteiger partial charge in [-0.15, -0.1) is 0 Å². The number of halogens is 2. The summed E-state index contributed by atoms with van der Waals surface area (Å²) < 4.78 is 19.3. The highest BCUT2D eigenvalue weighted by atomic mass is 35.5. The van der Waals surface area contributed by atoms with Gasteiger partial charge in [-0.05, 0) is 30.9 Å². The highest BCUT2D eigenvalue weighted by molar-refractivity contribution is 6.30. The van der Waals surface area contributed by atoms with E-state index in [0.29, 0.717) is 16.5 Å². The molecule has 0 amide bonds. The van der Waals surface area contributed by atoms with Gasteiger partial charge in [-0.1, -0.05) is 17.7 Å². The van der Waals surface area contributed by atoms with Crippen molar-refractivity contribution in [2.24, 2.45) is 11.8 Å². The van der Waals surface area contributed by atoms with Crippen LogP contribution in [-0.2, 0) is 4.74 Å². The van der Waals surface area contributed by atoms with Gasteiger partial charge in [0.15, 0.2) is 0 Å². The molecule has 1 fully saturated rings. The lowest BCUT2D eigenvalue weighted by Gasteiger charge is -2.26. The summed E-state index contributed by atoms with van der Waals surface area (Å²) in [6.45, 7) is 0. The summed E-state index contributed by atoms with van der Waals surface area (Å²) in [6.07, 6.45) is 2.10. The Labute approximate surface area is 105 Å². The van der Waals surface area contributed by atoms with Gasteiger partial charge in [-0.2, -0.15) is 0 Å². The number of nitrogens with one attached hydrogen (secondary N) is 1. The Bertz CT molecular complexity index is 398. The predicted octanol–water partition coefficient (Wildman–Crippen LogP) is 2.41. The van der Waals surface area contributed by atoms with Crippen molar-refractivity contribution in [3.8, 4) is 0 Å². The zero-order valence-corrected chi connectivity index (χ0v) is 10.4. The SMILES string of the molecule is COC(C1CC1)C(NN)c1ccc(Cl)cc1F. The molecule has 0 bridgehead atoms. The summed E-state index contributed by atoms with van der Waals surface area (Å²) >= 11 is 5.73. The Morgan fingerprint density at radius 1 is 1.53 bits per heavy atom. The molecule has 0 aliphatic heterocycles. The minimum Gasteiger partial charge on any atom is -0.379 e. The third-order valence-corrected chi connectivity index (χ3v) is 3.40. The van der Waals surface area contributed by atoms with E-state index < -0.39 is 0 Å². The van der Waals surface area contributed by atoms with Gasteiger partial charge >= 0.3 is 0 Å². The number of nitrogens with two attached hydrogens (primary N) is 1. The van der Waals surface area contributed by atoms with E-state index in [9.17, 15) is 4.39 Å². The fraction of sp³-hybridized carbons (Fsp3) is 0.500. The molecular weight excluding hydrogens is 243 g/mol. The fourth-order valence-corrected chi connectivity index (χ4v) is 2.30. The van der Waals surface area contributed by atoms with Gasteiger partial charge in [-0.3, -0.25) is 11.3 Å². The first-order chi connectivity index (χ1) is 8.17. The maximum Gasteiger partial charge on any atom is 0.129 e.